The van der Waals surface area contributed by atoms with E-state index in [1.54, 1.807) is 0 Å². The first-order valence-electron chi connectivity index (χ1n) is 16.2. The molecule has 0 spiro atoms. The third-order valence-electron chi connectivity index (χ3n) is 8.64. The summed E-state index contributed by atoms with van der Waals surface area (Å²) in [4.78, 5) is 17.5. The lowest BCUT2D eigenvalue weighted by Gasteiger charge is -2.35. The molecular formula is C32H49F5N4O3SSi. The molecule has 1 heterocycles. The zero-order valence-corrected chi connectivity index (χ0v) is 29.6. The van der Waals surface area contributed by atoms with Crippen molar-refractivity contribution in [2.45, 2.75) is 133 Å². The van der Waals surface area contributed by atoms with Crippen LogP contribution in [0, 0.1) is 11.8 Å². The van der Waals surface area contributed by atoms with Crippen LogP contribution in [0.3, 0.4) is 0 Å². The van der Waals surface area contributed by atoms with E-state index in [4.69, 9.17) is 9.72 Å². The van der Waals surface area contributed by atoms with E-state index in [0.29, 0.717) is 36.3 Å². The topological polar surface area (TPSA) is 85.3 Å². The molecule has 4 atom stereocenters. The minimum Gasteiger partial charge on any atom is -0.361 e. The summed E-state index contributed by atoms with van der Waals surface area (Å²) in [7, 11) is -2.97. The van der Waals surface area contributed by atoms with Crippen molar-refractivity contribution in [1.29, 1.82) is 0 Å². The molecule has 2 fully saturated rings. The van der Waals surface area contributed by atoms with Crippen LogP contribution in [0.1, 0.15) is 95.6 Å². The van der Waals surface area contributed by atoms with Crippen molar-refractivity contribution < 1.29 is 35.7 Å². The molecule has 1 amide bonds. The Balaban J connectivity index is 1.73. The zero-order valence-electron chi connectivity index (χ0n) is 27.7. The Labute approximate surface area is 272 Å². The number of nitrogens with one attached hydrogen (secondary N) is 2. The summed E-state index contributed by atoms with van der Waals surface area (Å²) in [5.41, 5.74) is 1.96. The summed E-state index contributed by atoms with van der Waals surface area (Å²) in [6.45, 7) is 12.8. The predicted octanol–water partition coefficient (Wildman–Crippen LogP) is 8.18. The van der Waals surface area contributed by atoms with E-state index in [0.717, 1.165) is 24.4 Å². The van der Waals surface area contributed by atoms with Gasteiger partial charge in [-0.3, -0.25) is 4.79 Å². The molecule has 0 saturated heterocycles. The second-order valence-electron chi connectivity index (χ2n) is 15.2. The van der Waals surface area contributed by atoms with Gasteiger partial charge in [-0.25, -0.2) is 22.7 Å². The summed E-state index contributed by atoms with van der Waals surface area (Å²) < 4.78 is 91.7. The number of halogens is 5. The first-order valence-corrected chi connectivity index (χ1v) is 21.1. The molecule has 2 aliphatic rings. The monoisotopic (exact) mass is 692 g/mol. The van der Waals surface area contributed by atoms with Gasteiger partial charge in [0, 0.05) is 33.9 Å². The van der Waals surface area contributed by atoms with Crippen LogP contribution in [0.4, 0.5) is 22.0 Å². The highest BCUT2D eigenvalue weighted by molar-refractivity contribution is 7.84. The van der Waals surface area contributed by atoms with Gasteiger partial charge in [0.1, 0.15) is 12.6 Å². The third-order valence-corrected chi connectivity index (χ3v) is 11.9. The van der Waals surface area contributed by atoms with Crippen molar-refractivity contribution in [2.24, 2.45) is 11.8 Å². The van der Waals surface area contributed by atoms with Gasteiger partial charge < -0.3 is 14.6 Å². The van der Waals surface area contributed by atoms with Gasteiger partial charge in [-0.1, -0.05) is 25.7 Å². The Morgan fingerprint density at radius 1 is 1.13 bits per heavy atom. The SMILES string of the molecule is CC(C)(C)S(=O)N[C@H](c1nc2cc([C@H](NC(=O)CCC(F)(F)F)C3CC3)ccc2n1COCC[Si](C)(C)C)[C@@H]1CCCC(F)(F)C1. The average Bonchev–Trinajstić information content (AvgIpc) is 3.70. The van der Waals surface area contributed by atoms with Gasteiger partial charge in [-0.2, -0.15) is 13.2 Å². The van der Waals surface area contributed by atoms with E-state index in [-0.39, 0.29) is 25.5 Å². The first kappa shape index (κ1) is 36.9. The number of hydrogen-bond donors (Lipinski definition) is 2. The molecule has 4 rings (SSSR count). The van der Waals surface area contributed by atoms with E-state index < -0.39 is 72.7 Å². The number of ether oxygens (including phenoxy) is 1. The highest BCUT2D eigenvalue weighted by atomic mass is 32.2. The van der Waals surface area contributed by atoms with Crippen molar-refractivity contribution in [3.8, 4) is 0 Å². The summed E-state index contributed by atoms with van der Waals surface area (Å²) in [5, 5.41) is 2.81. The number of fused-ring (bicyclic) bond motifs is 1. The van der Waals surface area contributed by atoms with E-state index in [1.165, 1.54) is 0 Å². The van der Waals surface area contributed by atoms with E-state index >= 15 is 0 Å². The van der Waals surface area contributed by atoms with Gasteiger partial charge in [0.15, 0.2) is 0 Å². The van der Waals surface area contributed by atoms with Gasteiger partial charge in [0.25, 0.3) is 0 Å². The second-order valence-corrected chi connectivity index (χ2v) is 22.8. The Kier molecular flexibility index (Phi) is 11.5. The number of carbonyl (C=O) groups is 1. The molecule has 1 unspecified atom stereocenters. The number of alkyl halides is 5. The van der Waals surface area contributed by atoms with Crippen LogP contribution >= 0.6 is 0 Å². The predicted molar refractivity (Wildman–Crippen MR) is 173 cm³/mol. The molecule has 1 aromatic carbocycles. The van der Waals surface area contributed by atoms with Gasteiger partial charge in [0.05, 0.1) is 45.3 Å². The Bertz CT molecular complexity index is 1380. The van der Waals surface area contributed by atoms with Gasteiger partial charge in [0.2, 0.25) is 11.8 Å². The smallest absolute Gasteiger partial charge is 0.361 e. The molecular weight excluding hydrogens is 644 g/mol. The molecule has 14 heteroatoms. The summed E-state index contributed by atoms with van der Waals surface area (Å²) in [5.74, 6) is -3.47. The van der Waals surface area contributed by atoms with Crippen LogP contribution in [0.15, 0.2) is 18.2 Å². The van der Waals surface area contributed by atoms with Crippen LogP contribution in [-0.4, -0.2) is 51.2 Å². The summed E-state index contributed by atoms with van der Waals surface area (Å²) in [6, 6.07) is 5.21. The maximum Gasteiger partial charge on any atom is 0.389 e. The normalized spacial score (nSPS) is 21.2. The van der Waals surface area contributed by atoms with Crippen LogP contribution < -0.4 is 10.0 Å². The van der Waals surface area contributed by atoms with Crippen molar-refractivity contribution in [3.63, 3.8) is 0 Å². The maximum atomic E-state index is 14.8. The second kappa shape index (κ2) is 14.3. The molecule has 2 N–H and O–H groups in total. The standard InChI is InChI=1S/C32H49F5N4O3SSi/c1-30(2,3)45(43)40-28(23-8-7-14-31(33,34)19-23)29-38-24-18-22(11-12-25(24)41(29)20-44-16-17-46(4,5)6)27(21-9-10-21)39-26(42)13-15-32(35,36)37/h11-12,18,21,23,27-28,40H,7-10,13-17,19-20H2,1-6H3,(H,39,42)/t23-,27-,28+,45?/m1/s1. The molecule has 0 aliphatic heterocycles. The lowest BCUT2D eigenvalue weighted by atomic mass is 9.81. The van der Waals surface area contributed by atoms with E-state index in [2.05, 4.69) is 29.7 Å². The fourth-order valence-electron chi connectivity index (χ4n) is 5.82. The number of imidazole rings is 1. The minimum absolute atomic E-state index is 0.104. The molecule has 46 heavy (non-hydrogen) atoms. The third kappa shape index (κ3) is 10.5. The zero-order chi connectivity index (χ0) is 34.1. The number of aromatic nitrogens is 2. The largest absolute Gasteiger partial charge is 0.389 e. The first-order chi connectivity index (χ1) is 21.2. The molecule has 260 valence electrons. The molecule has 1 aromatic heterocycles. The number of amides is 1. The van der Waals surface area contributed by atoms with Crippen molar-refractivity contribution in [1.82, 2.24) is 19.6 Å². The summed E-state index contributed by atoms with van der Waals surface area (Å²) >= 11 is 0. The highest BCUT2D eigenvalue weighted by Gasteiger charge is 2.43. The number of benzene rings is 1. The Morgan fingerprint density at radius 2 is 1.83 bits per heavy atom. The molecule has 2 aliphatic carbocycles. The Hall–Kier alpha value is -1.90. The lowest BCUT2D eigenvalue weighted by molar-refractivity contribution is -0.144. The van der Waals surface area contributed by atoms with Gasteiger partial charge in [-0.15, -0.1) is 0 Å². The molecule has 2 aromatic rings. The molecule has 2 saturated carbocycles. The van der Waals surface area contributed by atoms with Crippen molar-refractivity contribution in [3.05, 3.63) is 29.6 Å². The minimum atomic E-state index is -4.42. The fraction of sp³-hybridized carbons (Fsp3) is 0.750. The average molecular weight is 693 g/mol. The molecule has 0 radical (unpaired) electrons. The quantitative estimate of drug-likeness (QED) is 0.119. The van der Waals surface area contributed by atoms with Crippen molar-refractivity contribution in [2.75, 3.05) is 6.61 Å². The number of rotatable bonds is 14. The van der Waals surface area contributed by atoms with Crippen LogP contribution in [-0.2, 0) is 27.2 Å². The molecule has 0 bridgehead atoms. The summed E-state index contributed by atoms with van der Waals surface area (Å²) in [6.07, 6.45) is -4.26. The van der Waals surface area contributed by atoms with Crippen LogP contribution in [0.25, 0.3) is 11.0 Å². The number of hydrogen-bond acceptors (Lipinski definition) is 4. The molecule has 7 nitrogen and oxygen atoms in total. The van der Waals surface area contributed by atoms with Crippen LogP contribution in [0.5, 0.6) is 0 Å². The number of nitrogens with zero attached hydrogens (tertiary/aromatic N) is 2. The fourth-order valence-corrected chi connectivity index (χ4v) is 7.46. The lowest BCUT2D eigenvalue weighted by Crippen LogP contribution is -2.42. The Morgan fingerprint density at radius 3 is 2.41 bits per heavy atom. The highest BCUT2D eigenvalue weighted by Crippen LogP contribution is 2.44. The van der Waals surface area contributed by atoms with E-state index in [9.17, 15) is 31.0 Å². The van der Waals surface area contributed by atoms with Crippen molar-refractivity contribution >= 4 is 36.0 Å². The van der Waals surface area contributed by atoms with Crippen LogP contribution in [0.2, 0.25) is 25.7 Å². The van der Waals surface area contributed by atoms with E-state index in [1.807, 2.05) is 43.5 Å². The maximum absolute atomic E-state index is 14.8. The van der Waals surface area contributed by atoms with Gasteiger partial charge in [-0.05, 0) is 82.0 Å². The number of carbonyl (C=O) groups excluding carboxylic acids is 1. The van der Waals surface area contributed by atoms with Gasteiger partial charge >= 0.3 is 6.18 Å².